The van der Waals surface area contributed by atoms with Crippen LogP contribution in [0.1, 0.15) is 33.1 Å². The molecule has 1 fully saturated rings. The third-order valence-electron chi connectivity index (χ3n) is 3.40. The molecule has 1 aromatic rings. The van der Waals surface area contributed by atoms with Crippen molar-refractivity contribution in [2.45, 2.75) is 39.2 Å². The average molecular weight is 263 g/mol. The summed E-state index contributed by atoms with van der Waals surface area (Å²) in [6.45, 7) is 8.13. The van der Waals surface area contributed by atoms with E-state index in [0.717, 1.165) is 38.5 Å². The van der Waals surface area contributed by atoms with Crippen LogP contribution in [0.25, 0.3) is 0 Å². The highest BCUT2D eigenvalue weighted by molar-refractivity contribution is 5.54. The van der Waals surface area contributed by atoms with Gasteiger partial charge in [0.05, 0.1) is 6.10 Å². The topological polar surface area (TPSA) is 37.4 Å². The summed E-state index contributed by atoms with van der Waals surface area (Å²) in [6, 6.07) is 4.22. The van der Waals surface area contributed by atoms with Gasteiger partial charge in [0.1, 0.15) is 5.82 Å². The summed E-state index contributed by atoms with van der Waals surface area (Å²) in [6.07, 6.45) is 5.74. The first-order chi connectivity index (χ1) is 9.33. The fourth-order valence-electron chi connectivity index (χ4n) is 2.49. The van der Waals surface area contributed by atoms with E-state index < -0.39 is 0 Å². The predicted octanol–water partition coefficient (Wildman–Crippen LogP) is 2.91. The first kappa shape index (κ1) is 14.1. The zero-order valence-electron chi connectivity index (χ0n) is 12.1. The van der Waals surface area contributed by atoms with Crippen LogP contribution in [0.5, 0.6) is 0 Å². The molecule has 2 heterocycles. The van der Waals surface area contributed by atoms with Gasteiger partial charge in [-0.05, 0) is 32.3 Å². The Kier molecular flexibility index (Phi) is 5.45. The second kappa shape index (κ2) is 7.34. The third kappa shape index (κ3) is 4.10. The first-order valence-electron chi connectivity index (χ1n) is 7.40. The highest BCUT2D eigenvalue weighted by atomic mass is 16.5. The summed E-state index contributed by atoms with van der Waals surface area (Å²) in [5, 5.41) is 3.26. The lowest BCUT2D eigenvalue weighted by molar-refractivity contribution is 0.0440. The van der Waals surface area contributed by atoms with Gasteiger partial charge in [-0.2, -0.15) is 0 Å². The van der Waals surface area contributed by atoms with E-state index in [1.54, 1.807) is 0 Å². The molecule has 1 aliphatic heterocycles. The van der Waals surface area contributed by atoms with Crippen molar-refractivity contribution in [3.05, 3.63) is 18.3 Å². The minimum atomic E-state index is 0.379. The number of nitrogens with zero attached hydrogens (tertiary/aromatic N) is 2. The van der Waals surface area contributed by atoms with Gasteiger partial charge in [0.25, 0.3) is 0 Å². The first-order valence-corrected chi connectivity index (χ1v) is 7.40. The number of nitrogens with one attached hydrogen (secondary N) is 1. The van der Waals surface area contributed by atoms with E-state index in [-0.39, 0.29) is 0 Å². The van der Waals surface area contributed by atoms with Gasteiger partial charge < -0.3 is 15.0 Å². The molecular formula is C15H25N3O. The van der Waals surface area contributed by atoms with Gasteiger partial charge in [0.2, 0.25) is 0 Å². The molecule has 1 aromatic heterocycles. The summed E-state index contributed by atoms with van der Waals surface area (Å²) in [5.74, 6) is 0.955. The zero-order valence-corrected chi connectivity index (χ0v) is 12.1. The summed E-state index contributed by atoms with van der Waals surface area (Å²) in [4.78, 5) is 6.73. The monoisotopic (exact) mass is 263 g/mol. The average Bonchev–Trinajstić information content (AvgIpc) is 2.46. The fraction of sp³-hybridized carbons (Fsp3) is 0.667. The molecule has 1 saturated heterocycles. The molecule has 0 aliphatic carbocycles. The second-order valence-electron chi connectivity index (χ2n) is 5.01. The molecule has 0 bridgehead atoms. The van der Waals surface area contributed by atoms with E-state index in [4.69, 9.17) is 4.74 Å². The van der Waals surface area contributed by atoms with Gasteiger partial charge in [-0.25, -0.2) is 4.98 Å². The Morgan fingerprint density at radius 2 is 2.37 bits per heavy atom. The van der Waals surface area contributed by atoms with Crippen LogP contribution in [0.2, 0.25) is 0 Å². The van der Waals surface area contributed by atoms with Crippen molar-refractivity contribution in [1.29, 1.82) is 0 Å². The van der Waals surface area contributed by atoms with Crippen LogP contribution >= 0.6 is 0 Å². The Hall–Kier alpha value is -1.29. The van der Waals surface area contributed by atoms with E-state index in [1.807, 2.05) is 6.20 Å². The van der Waals surface area contributed by atoms with Gasteiger partial charge >= 0.3 is 0 Å². The molecule has 4 nitrogen and oxygen atoms in total. The summed E-state index contributed by atoms with van der Waals surface area (Å²) in [5.41, 5.74) is 1.25. The number of piperidine rings is 1. The maximum atomic E-state index is 5.89. The quantitative estimate of drug-likeness (QED) is 0.856. The molecule has 1 unspecified atom stereocenters. The normalized spacial score (nSPS) is 19.5. The van der Waals surface area contributed by atoms with Crippen molar-refractivity contribution < 1.29 is 4.74 Å². The van der Waals surface area contributed by atoms with E-state index >= 15 is 0 Å². The van der Waals surface area contributed by atoms with E-state index in [0.29, 0.717) is 6.10 Å². The molecule has 0 saturated carbocycles. The SMILES string of the molecule is CCCOC1CCCN(c2ccnc(NCC)c2)C1. The van der Waals surface area contributed by atoms with Crippen LogP contribution in [-0.4, -0.2) is 37.3 Å². The van der Waals surface area contributed by atoms with Gasteiger partial charge in [-0.1, -0.05) is 6.92 Å². The van der Waals surface area contributed by atoms with Gasteiger partial charge in [-0.3, -0.25) is 0 Å². The Bertz CT molecular complexity index is 383. The summed E-state index contributed by atoms with van der Waals surface area (Å²) >= 11 is 0. The fourth-order valence-corrected chi connectivity index (χ4v) is 2.49. The van der Waals surface area contributed by atoms with E-state index in [9.17, 15) is 0 Å². The number of pyridine rings is 1. The minimum absolute atomic E-state index is 0.379. The van der Waals surface area contributed by atoms with Crippen molar-refractivity contribution in [3.63, 3.8) is 0 Å². The Labute approximate surface area is 116 Å². The smallest absolute Gasteiger partial charge is 0.127 e. The molecule has 1 N–H and O–H groups in total. The Morgan fingerprint density at radius 3 is 3.16 bits per heavy atom. The van der Waals surface area contributed by atoms with Crippen molar-refractivity contribution >= 4 is 11.5 Å². The summed E-state index contributed by atoms with van der Waals surface area (Å²) in [7, 11) is 0. The maximum absolute atomic E-state index is 5.89. The van der Waals surface area contributed by atoms with Gasteiger partial charge in [0, 0.05) is 44.2 Å². The zero-order chi connectivity index (χ0) is 13.5. The lowest BCUT2D eigenvalue weighted by atomic mass is 10.1. The van der Waals surface area contributed by atoms with Crippen molar-refractivity contribution in [2.24, 2.45) is 0 Å². The molecular weight excluding hydrogens is 238 g/mol. The lowest BCUT2D eigenvalue weighted by Crippen LogP contribution is -2.39. The number of hydrogen-bond donors (Lipinski definition) is 1. The number of aromatic nitrogens is 1. The van der Waals surface area contributed by atoms with Crippen molar-refractivity contribution in [1.82, 2.24) is 4.98 Å². The van der Waals surface area contributed by atoms with Gasteiger partial charge in [-0.15, -0.1) is 0 Å². The van der Waals surface area contributed by atoms with Crippen LogP contribution in [0.3, 0.4) is 0 Å². The second-order valence-corrected chi connectivity index (χ2v) is 5.01. The standard InChI is InChI=1S/C15H25N3O/c1-3-10-19-14-6-5-9-18(12-14)13-7-8-17-15(11-13)16-4-2/h7-8,11,14H,3-6,9-10,12H2,1-2H3,(H,16,17). The molecule has 2 rings (SSSR count). The minimum Gasteiger partial charge on any atom is -0.376 e. The van der Waals surface area contributed by atoms with Crippen molar-refractivity contribution in [2.75, 3.05) is 36.5 Å². The van der Waals surface area contributed by atoms with Crippen molar-refractivity contribution in [3.8, 4) is 0 Å². The highest BCUT2D eigenvalue weighted by Gasteiger charge is 2.20. The Balaban J connectivity index is 1.98. The Morgan fingerprint density at radius 1 is 1.47 bits per heavy atom. The molecule has 0 spiro atoms. The molecule has 4 heteroatoms. The third-order valence-corrected chi connectivity index (χ3v) is 3.40. The highest BCUT2D eigenvalue weighted by Crippen LogP contribution is 2.23. The molecule has 1 aliphatic rings. The van der Waals surface area contributed by atoms with E-state index in [2.05, 4.69) is 41.2 Å². The molecule has 19 heavy (non-hydrogen) atoms. The van der Waals surface area contributed by atoms with Crippen LogP contribution in [0.15, 0.2) is 18.3 Å². The number of hydrogen-bond acceptors (Lipinski definition) is 4. The van der Waals surface area contributed by atoms with Crippen LogP contribution in [0, 0.1) is 0 Å². The van der Waals surface area contributed by atoms with Crippen LogP contribution < -0.4 is 10.2 Å². The van der Waals surface area contributed by atoms with Gasteiger partial charge in [0.15, 0.2) is 0 Å². The lowest BCUT2D eigenvalue weighted by Gasteiger charge is -2.34. The number of rotatable bonds is 6. The van der Waals surface area contributed by atoms with Crippen LogP contribution in [-0.2, 0) is 4.74 Å². The summed E-state index contributed by atoms with van der Waals surface area (Å²) < 4.78 is 5.89. The molecule has 0 amide bonds. The maximum Gasteiger partial charge on any atom is 0.127 e. The number of anilines is 2. The van der Waals surface area contributed by atoms with E-state index in [1.165, 1.54) is 18.5 Å². The number of ether oxygens (including phenoxy) is 1. The molecule has 0 radical (unpaired) electrons. The largest absolute Gasteiger partial charge is 0.376 e. The predicted molar refractivity (Wildman–Crippen MR) is 79.9 cm³/mol. The molecule has 106 valence electrons. The van der Waals surface area contributed by atoms with Crippen LogP contribution in [0.4, 0.5) is 11.5 Å². The molecule has 0 aromatic carbocycles. The molecule has 1 atom stereocenters.